The lowest BCUT2D eigenvalue weighted by Gasteiger charge is -2.19. The molecular formula is C10H17N3O3S. The van der Waals surface area contributed by atoms with Crippen molar-refractivity contribution < 1.29 is 13.5 Å². The first kappa shape index (κ1) is 13.7. The van der Waals surface area contributed by atoms with E-state index in [9.17, 15) is 13.5 Å². The Bertz CT molecular complexity index is 484. The highest BCUT2D eigenvalue weighted by atomic mass is 32.2. The van der Waals surface area contributed by atoms with Gasteiger partial charge >= 0.3 is 10.2 Å². The van der Waals surface area contributed by atoms with Crippen LogP contribution in [0.2, 0.25) is 0 Å². The molecule has 0 bridgehead atoms. The van der Waals surface area contributed by atoms with Gasteiger partial charge in [-0.25, -0.2) is 4.98 Å². The monoisotopic (exact) mass is 259 g/mol. The van der Waals surface area contributed by atoms with Crippen molar-refractivity contribution in [3.8, 4) is 5.75 Å². The standard InChI is InChI=1S/C10H17N3O3S/c1-4-13(5-2)17(15,16)12-10-9(14)7-6-8(3)11-10/h6-7,14H,4-5H2,1-3H3,(H,11,12). The van der Waals surface area contributed by atoms with Gasteiger partial charge in [-0.3, -0.25) is 4.72 Å². The summed E-state index contributed by atoms with van der Waals surface area (Å²) in [6.07, 6.45) is 0. The predicted molar refractivity (Wildman–Crippen MR) is 66.1 cm³/mol. The van der Waals surface area contributed by atoms with Gasteiger partial charge in [0, 0.05) is 18.8 Å². The lowest BCUT2D eigenvalue weighted by molar-refractivity contribution is 0.447. The van der Waals surface area contributed by atoms with Crippen molar-refractivity contribution in [1.29, 1.82) is 0 Å². The first-order chi connectivity index (χ1) is 7.90. The van der Waals surface area contributed by atoms with E-state index in [-0.39, 0.29) is 11.6 Å². The Morgan fingerprint density at radius 3 is 2.47 bits per heavy atom. The number of aromatic nitrogens is 1. The maximum Gasteiger partial charge on any atom is 0.302 e. The molecule has 0 aliphatic rings. The maximum atomic E-state index is 11.9. The molecule has 6 nitrogen and oxygen atoms in total. The topological polar surface area (TPSA) is 82.5 Å². The number of aryl methyl sites for hydroxylation is 1. The van der Waals surface area contributed by atoms with Gasteiger partial charge in [0.15, 0.2) is 11.6 Å². The fraction of sp³-hybridized carbons (Fsp3) is 0.500. The Balaban J connectivity index is 3.01. The smallest absolute Gasteiger partial charge is 0.302 e. The summed E-state index contributed by atoms with van der Waals surface area (Å²) in [7, 11) is -3.65. The van der Waals surface area contributed by atoms with Gasteiger partial charge < -0.3 is 5.11 Å². The van der Waals surface area contributed by atoms with Crippen LogP contribution >= 0.6 is 0 Å². The highest BCUT2D eigenvalue weighted by Gasteiger charge is 2.20. The number of aromatic hydroxyl groups is 1. The summed E-state index contributed by atoms with van der Waals surface area (Å²) in [5.74, 6) is -0.233. The second-order valence-electron chi connectivity index (χ2n) is 3.51. The molecule has 0 fully saturated rings. The van der Waals surface area contributed by atoms with Gasteiger partial charge in [0.05, 0.1) is 0 Å². The van der Waals surface area contributed by atoms with Crippen LogP contribution < -0.4 is 4.72 Å². The second kappa shape index (κ2) is 5.33. The number of pyridine rings is 1. The van der Waals surface area contributed by atoms with Gasteiger partial charge in [-0.15, -0.1) is 0 Å². The molecule has 0 aliphatic heterocycles. The Morgan fingerprint density at radius 1 is 1.35 bits per heavy atom. The lowest BCUT2D eigenvalue weighted by Crippen LogP contribution is -2.35. The molecule has 1 heterocycles. The average Bonchev–Trinajstić information content (AvgIpc) is 2.24. The van der Waals surface area contributed by atoms with Crippen LogP contribution in [0.1, 0.15) is 19.5 Å². The van der Waals surface area contributed by atoms with E-state index in [4.69, 9.17) is 0 Å². The zero-order valence-electron chi connectivity index (χ0n) is 10.1. The fourth-order valence-corrected chi connectivity index (χ4v) is 2.58. The number of hydrogen-bond acceptors (Lipinski definition) is 4. The summed E-state index contributed by atoms with van der Waals surface area (Å²) in [5, 5.41) is 9.52. The van der Waals surface area contributed by atoms with Crippen LogP contribution in [-0.2, 0) is 10.2 Å². The van der Waals surface area contributed by atoms with Gasteiger partial charge in [0.1, 0.15) is 0 Å². The molecule has 1 aromatic heterocycles. The van der Waals surface area contributed by atoms with Gasteiger partial charge in [0.25, 0.3) is 0 Å². The van der Waals surface area contributed by atoms with Crippen LogP contribution in [0.3, 0.4) is 0 Å². The van der Waals surface area contributed by atoms with Crippen LogP contribution in [0.5, 0.6) is 5.75 Å². The van der Waals surface area contributed by atoms with E-state index in [0.29, 0.717) is 18.8 Å². The molecule has 0 atom stereocenters. The quantitative estimate of drug-likeness (QED) is 0.829. The molecule has 0 unspecified atom stereocenters. The molecule has 1 aromatic rings. The molecule has 7 heteroatoms. The summed E-state index contributed by atoms with van der Waals surface area (Å²) in [6.45, 7) is 5.92. The lowest BCUT2D eigenvalue weighted by atomic mass is 10.3. The highest BCUT2D eigenvalue weighted by molar-refractivity contribution is 7.90. The van der Waals surface area contributed by atoms with Crippen molar-refractivity contribution in [3.63, 3.8) is 0 Å². The molecule has 0 spiro atoms. The molecule has 17 heavy (non-hydrogen) atoms. The van der Waals surface area contributed by atoms with Crippen molar-refractivity contribution in [2.75, 3.05) is 17.8 Å². The third kappa shape index (κ3) is 3.31. The van der Waals surface area contributed by atoms with E-state index >= 15 is 0 Å². The minimum Gasteiger partial charge on any atom is -0.504 e. The van der Waals surface area contributed by atoms with Crippen LogP contribution in [-0.4, -0.2) is 35.9 Å². The maximum absolute atomic E-state index is 11.9. The number of rotatable bonds is 5. The molecule has 0 saturated heterocycles. The molecular weight excluding hydrogens is 242 g/mol. The van der Waals surface area contributed by atoms with Crippen molar-refractivity contribution in [2.45, 2.75) is 20.8 Å². The van der Waals surface area contributed by atoms with Crippen molar-refractivity contribution >= 4 is 16.0 Å². The van der Waals surface area contributed by atoms with Gasteiger partial charge in [-0.2, -0.15) is 12.7 Å². The first-order valence-corrected chi connectivity index (χ1v) is 6.79. The van der Waals surface area contributed by atoms with Crippen LogP contribution in [0, 0.1) is 6.92 Å². The van der Waals surface area contributed by atoms with Gasteiger partial charge in [-0.1, -0.05) is 13.8 Å². The predicted octanol–water partition coefficient (Wildman–Crippen LogP) is 1.09. The summed E-state index contributed by atoms with van der Waals surface area (Å²) >= 11 is 0. The molecule has 2 N–H and O–H groups in total. The molecule has 0 radical (unpaired) electrons. The normalized spacial score (nSPS) is 11.8. The van der Waals surface area contributed by atoms with Crippen LogP contribution in [0.15, 0.2) is 12.1 Å². The zero-order chi connectivity index (χ0) is 13.1. The number of hydrogen-bond donors (Lipinski definition) is 2. The van der Waals surface area contributed by atoms with E-state index in [0.717, 1.165) is 0 Å². The van der Waals surface area contributed by atoms with Gasteiger partial charge in [-0.05, 0) is 19.1 Å². The third-order valence-electron chi connectivity index (χ3n) is 2.28. The molecule has 96 valence electrons. The van der Waals surface area contributed by atoms with Crippen molar-refractivity contribution in [1.82, 2.24) is 9.29 Å². The summed E-state index contributed by atoms with van der Waals surface area (Å²) in [4.78, 5) is 3.94. The number of nitrogens with zero attached hydrogens (tertiary/aromatic N) is 2. The molecule has 0 saturated carbocycles. The third-order valence-corrected chi connectivity index (χ3v) is 3.93. The number of anilines is 1. The largest absolute Gasteiger partial charge is 0.504 e. The summed E-state index contributed by atoms with van der Waals surface area (Å²) in [5.41, 5.74) is 0.625. The van der Waals surface area contributed by atoms with E-state index in [1.165, 1.54) is 10.4 Å². The van der Waals surface area contributed by atoms with E-state index in [2.05, 4.69) is 9.71 Å². The van der Waals surface area contributed by atoms with Crippen molar-refractivity contribution in [2.24, 2.45) is 0 Å². The SMILES string of the molecule is CCN(CC)S(=O)(=O)Nc1nc(C)ccc1O. The van der Waals surface area contributed by atoms with Crippen LogP contribution in [0.25, 0.3) is 0 Å². The van der Waals surface area contributed by atoms with E-state index in [1.54, 1.807) is 26.8 Å². The number of nitrogens with one attached hydrogen (secondary N) is 1. The average molecular weight is 259 g/mol. The zero-order valence-corrected chi connectivity index (χ0v) is 11.0. The summed E-state index contributed by atoms with van der Waals surface area (Å²) in [6, 6.07) is 3.01. The molecule has 0 aromatic carbocycles. The Hall–Kier alpha value is -1.34. The van der Waals surface area contributed by atoms with E-state index in [1.807, 2.05) is 0 Å². The minimum atomic E-state index is -3.65. The van der Waals surface area contributed by atoms with Crippen LogP contribution in [0.4, 0.5) is 5.82 Å². The Morgan fingerprint density at radius 2 is 1.94 bits per heavy atom. The molecule has 1 rings (SSSR count). The highest BCUT2D eigenvalue weighted by Crippen LogP contribution is 2.21. The Kier molecular flexibility index (Phi) is 4.30. The fourth-order valence-electron chi connectivity index (χ4n) is 1.37. The Labute approximate surface area is 101 Å². The second-order valence-corrected chi connectivity index (χ2v) is 5.18. The minimum absolute atomic E-state index is 0.0445. The first-order valence-electron chi connectivity index (χ1n) is 5.35. The van der Waals surface area contributed by atoms with Crippen molar-refractivity contribution in [3.05, 3.63) is 17.8 Å². The van der Waals surface area contributed by atoms with Gasteiger partial charge in [0.2, 0.25) is 0 Å². The van der Waals surface area contributed by atoms with E-state index < -0.39 is 10.2 Å². The summed E-state index contributed by atoms with van der Waals surface area (Å²) < 4.78 is 27.3. The molecule has 0 aliphatic carbocycles. The molecule has 0 amide bonds.